The highest BCUT2D eigenvalue weighted by atomic mass is 35.5. The van der Waals surface area contributed by atoms with E-state index in [0.717, 1.165) is 0 Å². The highest BCUT2D eigenvalue weighted by Gasteiger charge is 2.04. The molecule has 0 saturated heterocycles. The Morgan fingerprint density at radius 2 is 2.31 bits per heavy atom. The van der Waals surface area contributed by atoms with Crippen LogP contribution in [0.2, 0.25) is 5.02 Å². The van der Waals surface area contributed by atoms with Gasteiger partial charge in [0.05, 0.1) is 0 Å². The summed E-state index contributed by atoms with van der Waals surface area (Å²) in [5.41, 5.74) is 5.24. The number of hydrogen-bond donors (Lipinski definition) is 1. The van der Waals surface area contributed by atoms with Crippen LogP contribution in [0.3, 0.4) is 0 Å². The molecule has 69 valence electrons. The van der Waals surface area contributed by atoms with Crippen molar-refractivity contribution in [2.75, 3.05) is 0 Å². The minimum atomic E-state index is -0.491. The Morgan fingerprint density at radius 3 is 2.85 bits per heavy atom. The molecule has 0 bridgehead atoms. The standard InChI is InChI=1S/C9H8ClFNO/c10-7-3-1-6(8(11)5-7)2-4-9(12)13/h1-3,5H,4H2,(H2,12,13). The van der Waals surface area contributed by atoms with Crippen molar-refractivity contribution in [2.24, 2.45) is 5.73 Å². The van der Waals surface area contributed by atoms with Gasteiger partial charge < -0.3 is 5.73 Å². The van der Waals surface area contributed by atoms with Crippen molar-refractivity contribution in [1.29, 1.82) is 0 Å². The molecule has 1 amide bonds. The molecule has 1 radical (unpaired) electrons. The number of benzene rings is 1. The number of hydrogen-bond acceptors (Lipinski definition) is 1. The molecule has 4 heteroatoms. The van der Waals surface area contributed by atoms with E-state index in [1.54, 1.807) is 6.07 Å². The van der Waals surface area contributed by atoms with E-state index in [4.69, 9.17) is 17.3 Å². The van der Waals surface area contributed by atoms with Gasteiger partial charge in [-0.3, -0.25) is 4.79 Å². The maximum Gasteiger partial charge on any atom is 0.218 e. The van der Waals surface area contributed by atoms with Gasteiger partial charge in [-0.1, -0.05) is 17.7 Å². The van der Waals surface area contributed by atoms with E-state index in [1.165, 1.54) is 18.6 Å². The first-order chi connectivity index (χ1) is 6.09. The van der Waals surface area contributed by atoms with Crippen LogP contribution in [0.25, 0.3) is 0 Å². The van der Waals surface area contributed by atoms with Crippen LogP contribution < -0.4 is 5.73 Å². The fourth-order valence-corrected chi connectivity index (χ4v) is 1.04. The summed E-state index contributed by atoms with van der Waals surface area (Å²) in [6.45, 7) is 0. The van der Waals surface area contributed by atoms with Crippen molar-refractivity contribution in [3.63, 3.8) is 0 Å². The first kappa shape index (κ1) is 9.99. The highest BCUT2D eigenvalue weighted by molar-refractivity contribution is 6.30. The maximum absolute atomic E-state index is 13.0. The van der Waals surface area contributed by atoms with Gasteiger partial charge in [-0.15, -0.1) is 0 Å². The SMILES string of the molecule is NC(=O)C[CH]c1ccc(Cl)cc1F. The number of halogens is 2. The quantitative estimate of drug-likeness (QED) is 0.796. The first-order valence-electron chi connectivity index (χ1n) is 3.66. The van der Waals surface area contributed by atoms with Gasteiger partial charge in [0, 0.05) is 17.9 Å². The molecule has 0 aromatic heterocycles. The van der Waals surface area contributed by atoms with Crippen molar-refractivity contribution >= 4 is 17.5 Å². The molecule has 0 unspecified atom stereocenters. The van der Waals surface area contributed by atoms with Crippen molar-refractivity contribution in [3.8, 4) is 0 Å². The van der Waals surface area contributed by atoms with Gasteiger partial charge in [-0.25, -0.2) is 4.39 Å². The summed E-state index contributed by atoms with van der Waals surface area (Å²) < 4.78 is 13.0. The third-order valence-electron chi connectivity index (χ3n) is 1.49. The Hall–Kier alpha value is -1.09. The number of carbonyl (C=O) groups is 1. The summed E-state index contributed by atoms with van der Waals surface area (Å²) in [5.74, 6) is -0.942. The summed E-state index contributed by atoms with van der Waals surface area (Å²) >= 11 is 5.53. The molecule has 2 N–H and O–H groups in total. The third-order valence-corrected chi connectivity index (χ3v) is 1.72. The monoisotopic (exact) mass is 200 g/mol. The Labute approximate surface area is 80.5 Å². The predicted octanol–water partition coefficient (Wildman–Crippen LogP) is 1.91. The molecule has 1 rings (SSSR count). The Balaban J connectivity index is 2.72. The van der Waals surface area contributed by atoms with Crippen LogP contribution >= 0.6 is 11.6 Å². The van der Waals surface area contributed by atoms with Gasteiger partial charge in [-0.2, -0.15) is 0 Å². The largest absolute Gasteiger partial charge is 0.370 e. The molecule has 13 heavy (non-hydrogen) atoms. The van der Waals surface area contributed by atoms with Crippen molar-refractivity contribution in [1.82, 2.24) is 0 Å². The number of rotatable bonds is 3. The highest BCUT2D eigenvalue weighted by Crippen LogP contribution is 2.16. The molecule has 0 aliphatic heterocycles. The topological polar surface area (TPSA) is 43.1 Å². The van der Waals surface area contributed by atoms with Crippen molar-refractivity contribution in [2.45, 2.75) is 6.42 Å². The van der Waals surface area contributed by atoms with Crippen LogP contribution in [-0.2, 0) is 4.79 Å². The lowest BCUT2D eigenvalue weighted by atomic mass is 10.1. The molecule has 0 heterocycles. The van der Waals surface area contributed by atoms with Crippen molar-refractivity contribution < 1.29 is 9.18 Å². The van der Waals surface area contributed by atoms with Crippen LogP contribution in [0.1, 0.15) is 12.0 Å². The van der Waals surface area contributed by atoms with Crippen LogP contribution in [-0.4, -0.2) is 5.91 Å². The number of nitrogens with two attached hydrogens (primary N) is 1. The fourth-order valence-electron chi connectivity index (χ4n) is 0.878. The van der Waals surface area contributed by atoms with Crippen LogP contribution in [0, 0.1) is 12.2 Å². The van der Waals surface area contributed by atoms with Crippen LogP contribution in [0.5, 0.6) is 0 Å². The molecule has 0 fully saturated rings. The second-order valence-electron chi connectivity index (χ2n) is 2.54. The average molecular weight is 201 g/mol. The Bertz CT molecular complexity index is 327. The lowest BCUT2D eigenvalue weighted by Gasteiger charge is -2.00. The zero-order valence-electron chi connectivity index (χ0n) is 6.76. The predicted molar refractivity (Wildman–Crippen MR) is 48.6 cm³/mol. The van der Waals surface area contributed by atoms with E-state index in [1.807, 2.05) is 0 Å². The van der Waals surface area contributed by atoms with Gasteiger partial charge >= 0.3 is 0 Å². The second kappa shape index (κ2) is 4.23. The van der Waals surface area contributed by atoms with E-state index < -0.39 is 11.7 Å². The van der Waals surface area contributed by atoms with Crippen LogP contribution in [0.15, 0.2) is 18.2 Å². The van der Waals surface area contributed by atoms with Gasteiger partial charge in [-0.05, 0) is 17.7 Å². The minimum Gasteiger partial charge on any atom is -0.370 e. The van der Waals surface area contributed by atoms with Gasteiger partial charge in [0.15, 0.2) is 0 Å². The summed E-state index contributed by atoms with van der Waals surface area (Å²) in [4.78, 5) is 10.4. The Morgan fingerprint density at radius 1 is 1.62 bits per heavy atom. The molecular formula is C9H8ClFNO. The van der Waals surface area contributed by atoms with E-state index in [-0.39, 0.29) is 6.42 Å². The smallest absolute Gasteiger partial charge is 0.218 e. The summed E-state index contributed by atoms with van der Waals surface area (Å²) in [5, 5.41) is 0.328. The average Bonchev–Trinajstić information content (AvgIpc) is 2.02. The number of carbonyl (C=O) groups excluding carboxylic acids is 1. The molecule has 0 aliphatic rings. The number of primary amides is 1. The van der Waals surface area contributed by atoms with Gasteiger partial charge in [0.25, 0.3) is 0 Å². The Kier molecular flexibility index (Phi) is 3.25. The van der Waals surface area contributed by atoms with E-state index >= 15 is 0 Å². The van der Waals surface area contributed by atoms with Gasteiger partial charge in [0.1, 0.15) is 5.82 Å². The maximum atomic E-state index is 13.0. The van der Waals surface area contributed by atoms with Crippen molar-refractivity contribution in [3.05, 3.63) is 41.0 Å². The molecule has 1 aromatic rings. The molecule has 0 atom stereocenters. The lowest BCUT2D eigenvalue weighted by molar-refractivity contribution is -0.117. The first-order valence-corrected chi connectivity index (χ1v) is 4.04. The second-order valence-corrected chi connectivity index (χ2v) is 2.98. The molecule has 0 saturated carbocycles. The summed E-state index contributed by atoms with van der Waals surface area (Å²) in [6.07, 6.45) is 1.45. The minimum absolute atomic E-state index is 0.0263. The van der Waals surface area contributed by atoms with E-state index in [0.29, 0.717) is 10.6 Å². The molecule has 1 aromatic carbocycles. The lowest BCUT2D eigenvalue weighted by Crippen LogP contribution is -2.10. The summed E-state index contributed by atoms with van der Waals surface area (Å²) in [6, 6.07) is 4.24. The third kappa shape index (κ3) is 3.03. The fraction of sp³-hybridized carbons (Fsp3) is 0.111. The molecule has 0 aliphatic carbocycles. The van der Waals surface area contributed by atoms with E-state index in [9.17, 15) is 9.18 Å². The summed E-state index contributed by atoms with van der Waals surface area (Å²) in [7, 11) is 0. The normalized spacial score (nSPS) is 10.0. The number of amides is 1. The van der Waals surface area contributed by atoms with Crippen LogP contribution in [0.4, 0.5) is 4.39 Å². The molecule has 0 spiro atoms. The van der Waals surface area contributed by atoms with E-state index in [2.05, 4.69) is 0 Å². The zero-order chi connectivity index (χ0) is 9.84. The molecule has 2 nitrogen and oxygen atoms in total. The zero-order valence-corrected chi connectivity index (χ0v) is 7.51. The molecular weight excluding hydrogens is 193 g/mol. The van der Waals surface area contributed by atoms with Gasteiger partial charge in [0.2, 0.25) is 5.91 Å².